The summed E-state index contributed by atoms with van der Waals surface area (Å²) in [6.07, 6.45) is 3.64. The molecule has 0 bridgehead atoms. The van der Waals surface area contributed by atoms with Crippen LogP contribution < -0.4 is 4.72 Å². The summed E-state index contributed by atoms with van der Waals surface area (Å²) in [6.45, 7) is 3.67. The highest BCUT2D eigenvalue weighted by molar-refractivity contribution is 7.89. The van der Waals surface area contributed by atoms with Gasteiger partial charge in [-0.15, -0.1) is 0 Å². The van der Waals surface area contributed by atoms with Crippen LogP contribution in [0.2, 0.25) is 10.2 Å². The van der Waals surface area contributed by atoms with Gasteiger partial charge in [-0.05, 0) is 48.9 Å². The van der Waals surface area contributed by atoms with Gasteiger partial charge >= 0.3 is 0 Å². The first-order chi connectivity index (χ1) is 14.3. The third-order valence-corrected chi connectivity index (χ3v) is 7.66. The molecule has 0 spiro atoms. The standard InChI is InChI=1S/C21H25Cl2N3O3S/c1-15-9-13-26(14-10-15)21(27)17(16-5-2-3-6-18(16)22)8-12-25-30(28,29)19-7-4-11-24-20(19)23/h2-7,11,15,17,25H,8-10,12-14H2,1H3. The van der Waals surface area contributed by atoms with Crippen LogP contribution in [0.15, 0.2) is 47.5 Å². The number of sulfonamides is 1. The van der Waals surface area contributed by atoms with E-state index in [9.17, 15) is 13.2 Å². The molecule has 30 heavy (non-hydrogen) atoms. The molecule has 2 heterocycles. The molecule has 0 radical (unpaired) electrons. The Balaban J connectivity index is 1.75. The Bertz CT molecular complexity index is 992. The van der Waals surface area contributed by atoms with Crippen molar-refractivity contribution < 1.29 is 13.2 Å². The number of hydrogen-bond acceptors (Lipinski definition) is 4. The molecule has 162 valence electrons. The fraction of sp³-hybridized carbons (Fsp3) is 0.429. The smallest absolute Gasteiger partial charge is 0.243 e. The number of benzene rings is 1. The van der Waals surface area contributed by atoms with Crippen molar-refractivity contribution in [2.75, 3.05) is 19.6 Å². The number of carbonyl (C=O) groups excluding carboxylic acids is 1. The normalized spacial score (nSPS) is 16.4. The Hall–Kier alpha value is -1.67. The second-order valence-corrected chi connectivity index (χ2v) is 10.1. The largest absolute Gasteiger partial charge is 0.342 e. The summed E-state index contributed by atoms with van der Waals surface area (Å²) < 4.78 is 27.7. The van der Waals surface area contributed by atoms with Crippen LogP contribution in [0.5, 0.6) is 0 Å². The summed E-state index contributed by atoms with van der Waals surface area (Å²) in [5, 5.41) is 0.408. The van der Waals surface area contributed by atoms with Gasteiger partial charge in [0.15, 0.2) is 0 Å². The Morgan fingerprint density at radius 2 is 1.90 bits per heavy atom. The average Bonchev–Trinajstić information content (AvgIpc) is 2.72. The van der Waals surface area contributed by atoms with Crippen LogP contribution in [0.25, 0.3) is 0 Å². The fourth-order valence-corrected chi connectivity index (χ4v) is 5.37. The lowest BCUT2D eigenvalue weighted by atomic mass is 9.92. The van der Waals surface area contributed by atoms with Crippen LogP contribution in [0.3, 0.4) is 0 Å². The summed E-state index contributed by atoms with van der Waals surface area (Å²) in [6, 6.07) is 10.1. The van der Waals surface area contributed by atoms with E-state index in [4.69, 9.17) is 23.2 Å². The lowest BCUT2D eigenvalue weighted by Gasteiger charge is -2.33. The molecule has 1 aromatic carbocycles. The number of nitrogens with zero attached hydrogens (tertiary/aromatic N) is 2. The molecule has 1 aromatic heterocycles. The Morgan fingerprint density at radius 1 is 1.20 bits per heavy atom. The highest BCUT2D eigenvalue weighted by atomic mass is 35.5. The number of amides is 1. The molecule has 1 fully saturated rings. The number of halogens is 2. The Morgan fingerprint density at radius 3 is 2.57 bits per heavy atom. The van der Waals surface area contributed by atoms with Gasteiger partial charge in [-0.25, -0.2) is 18.1 Å². The second-order valence-electron chi connectivity index (χ2n) is 7.56. The summed E-state index contributed by atoms with van der Waals surface area (Å²) in [4.78, 5) is 18.9. The molecule has 6 nitrogen and oxygen atoms in total. The van der Waals surface area contributed by atoms with Gasteiger partial charge in [0.05, 0.1) is 5.92 Å². The number of carbonyl (C=O) groups is 1. The maximum Gasteiger partial charge on any atom is 0.243 e. The van der Waals surface area contributed by atoms with Crippen molar-refractivity contribution in [2.45, 2.75) is 37.0 Å². The van der Waals surface area contributed by atoms with Crippen molar-refractivity contribution in [1.82, 2.24) is 14.6 Å². The number of piperidine rings is 1. The van der Waals surface area contributed by atoms with E-state index in [1.807, 2.05) is 23.1 Å². The van der Waals surface area contributed by atoms with Gasteiger partial charge < -0.3 is 4.90 Å². The van der Waals surface area contributed by atoms with E-state index in [0.717, 1.165) is 12.8 Å². The van der Waals surface area contributed by atoms with Crippen LogP contribution in [-0.2, 0) is 14.8 Å². The molecule has 1 aliphatic rings. The first-order valence-corrected chi connectivity index (χ1v) is 12.2. The highest BCUT2D eigenvalue weighted by Crippen LogP contribution is 2.30. The number of nitrogens with one attached hydrogen (secondary N) is 1. The van der Waals surface area contributed by atoms with E-state index >= 15 is 0 Å². The molecular formula is C21H25Cl2N3O3S. The molecule has 2 aromatic rings. The summed E-state index contributed by atoms with van der Waals surface area (Å²) in [5.74, 6) is 0.0524. The van der Waals surface area contributed by atoms with Gasteiger partial charge in [0, 0.05) is 30.9 Å². The zero-order valence-electron chi connectivity index (χ0n) is 16.7. The number of pyridine rings is 1. The van der Waals surface area contributed by atoms with Crippen molar-refractivity contribution >= 4 is 39.1 Å². The quantitative estimate of drug-likeness (QED) is 0.618. The number of hydrogen-bond donors (Lipinski definition) is 1. The van der Waals surface area contributed by atoms with E-state index < -0.39 is 15.9 Å². The SMILES string of the molecule is CC1CCN(C(=O)C(CCNS(=O)(=O)c2cccnc2Cl)c2ccccc2Cl)CC1. The molecule has 1 unspecified atom stereocenters. The highest BCUT2D eigenvalue weighted by Gasteiger charge is 2.30. The molecule has 1 saturated heterocycles. The molecule has 1 N–H and O–H groups in total. The molecular weight excluding hydrogens is 445 g/mol. The second kappa shape index (κ2) is 10.1. The molecule has 3 rings (SSSR count). The Kier molecular flexibility index (Phi) is 7.74. The van der Waals surface area contributed by atoms with E-state index in [1.165, 1.54) is 18.3 Å². The third kappa shape index (κ3) is 5.52. The van der Waals surface area contributed by atoms with E-state index in [-0.39, 0.29) is 28.9 Å². The summed E-state index contributed by atoms with van der Waals surface area (Å²) in [7, 11) is -3.84. The van der Waals surface area contributed by atoms with Crippen molar-refractivity contribution in [1.29, 1.82) is 0 Å². The van der Waals surface area contributed by atoms with Crippen LogP contribution >= 0.6 is 23.2 Å². The zero-order chi connectivity index (χ0) is 21.7. The van der Waals surface area contributed by atoms with Gasteiger partial charge in [0.2, 0.25) is 15.9 Å². The predicted octanol–water partition coefficient (Wildman–Crippen LogP) is 4.10. The van der Waals surface area contributed by atoms with Crippen LogP contribution in [0, 0.1) is 5.92 Å². The maximum atomic E-state index is 13.3. The third-order valence-electron chi connectivity index (χ3n) is 5.41. The minimum absolute atomic E-state index is 0.0198. The zero-order valence-corrected chi connectivity index (χ0v) is 19.1. The molecule has 0 aliphatic carbocycles. The van der Waals surface area contributed by atoms with Crippen LogP contribution in [0.1, 0.15) is 37.7 Å². The van der Waals surface area contributed by atoms with Gasteiger partial charge in [-0.1, -0.05) is 48.3 Å². The maximum absolute atomic E-state index is 13.3. The first kappa shape index (κ1) is 23.0. The molecule has 1 amide bonds. The number of aromatic nitrogens is 1. The van der Waals surface area contributed by atoms with Gasteiger partial charge in [0.25, 0.3) is 0 Å². The van der Waals surface area contributed by atoms with Crippen molar-refractivity contribution in [3.8, 4) is 0 Å². The van der Waals surface area contributed by atoms with E-state index in [0.29, 0.717) is 29.6 Å². The van der Waals surface area contributed by atoms with E-state index in [1.54, 1.807) is 6.07 Å². The van der Waals surface area contributed by atoms with Crippen molar-refractivity contribution in [3.63, 3.8) is 0 Å². The average molecular weight is 470 g/mol. The predicted molar refractivity (Wildman–Crippen MR) is 118 cm³/mol. The van der Waals surface area contributed by atoms with Gasteiger partial charge in [0.1, 0.15) is 10.0 Å². The molecule has 0 saturated carbocycles. The lowest BCUT2D eigenvalue weighted by molar-refractivity contribution is -0.134. The van der Waals surface area contributed by atoms with E-state index in [2.05, 4.69) is 16.6 Å². The summed E-state index contributed by atoms with van der Waals surface area (Å²) in [5.41, 5.74) is 0.710. The summed E-state index contributed by atoms with van der Waals surface area (Å²) >= 11 is 12.3. The van der Waals surface area contributed by atoms with Crippen molar-refractivity contribution in [3.05, 3.63) is 58.3 Å². The van der Waals surface area contributed by atoms with Gasteiger partial charge in [-0.3, -0.25) is 4.79 Å². The molecule has 1 aliphatic heterocycles. The molecule has 9 heteroatoms. The fourth-order valence-electron chi connectivity index (χ4n) is 3.61. The first-order valence-electron chi connectivity index (χ1n) is 9.93. The number of likely N-dealkylation sites (tertiary alicyclic amines) is 1. The minimum Gasteiger partial charge on any atom is -0.342 e. The van der Waals surface area contributed by atoms with Crippen LogP contribution in [-0.4, -0.2) is 43.8 Å². The minimum atomic E-state index is -3.84. The number of rotatable bonds is 7. The molecule has 1 atom stereocenters. The topological polar surface area (TPSA) is 79.4 Å². The van der Waals surface area contributed by atoms with Crippen LogP contribution in [0.4, 0.5) is 0 Å². The van der Waals surface area contributed by atoms with Gasteiger partial charge in [-0.2, -0.15) is 0 Å². The lowest BCUT2D eigenvalue weighted by Crippen LogP contribution is -2.41. The van der Waals surface area contributed by atoms with Crippen molar-refractivity contribution in [2.24, 2.45) is 5.92 Å². The Labute approximate surface area is 187 Å². The monoisotopic (exact) mass is 469 g/mol.